The molecule has 0 aliphatic carbocycles. The van der Waals surface area contributed by atoms with Crippen molar-refractivity contribution in [3.63, 3.8) is 0 Å². The highest BCUT2D eigenvalue weighted by molar-refractivity contribution is 7.89. The van der Waals surface area contributed by atoms with Crippen LogP contribution in [-0.2, 0) is 10.0 Å². The van der Waals surface area contributed by atoms with Crippen LogP contribution < -0.4 is 10.9 Å². The maximum Gasteiger partial charge on any atom is 0.255 e. The van der Waals surface area contributed by atoms with E-state index in [2.05, 4.69) is 10.3 Å². The molecule has 112 valence electrons. The Morgan fingerprint density at radius 3 is 2.62 bits per heavy atom. The van der Waals surface area contributed by atoms with Crippen molar-refractivity contribution in [2.75, 3.05) is 26.2 Å². The first-order valence-corrected chi connectivity index (χ1v) is 8.36. The molecular formula is C14H17N3O3S. The lowest BCUT2D eigenvalue weighted by Gasteiger charge is -2.20. The highest BCUT2D eigenvalue weighted by Crippen LogP contribution is 2.23. The average Bonchev–Trinajstić information content (AvgIpc) is 2.77. The Bertz CT molecular complexity index is 806. The molecule has 0 atom stereocenters. The number of rotatable bonds is 2. The number of benzene rings is 1. The number of pyridine rings is 1. The van der Waals surface area contributed by atoms with Gasteiger partial charge in [-0.05, 0) is 19.0 Å². The van der Waals surface area contributed by atoms with Crippen molar-refractivity contribution in [2.24, 2.45) is 0 Å². The molecule has 2 heterocycles. The second-order valence-electron chi connectivity index (χ2n) is 5.04. The van der Waals surface area contributed by atoms with E-state index in [-0.39, 0.29) is 10.5 Å². The van der Waals surface area contributed by atoms with E-state index in [4.69, 9.17) is 0 Å². The van der Waals surface area contributed by atoms with Crippen LogP contribution in [0.15, 0.2) is 40.2 Å². The van der Waals surface area contributed by atoms with Gasteiger partial charge in [0.1, 0.15) is 4.90 Å². The predicted molar refractivity (Wildman–Crippen MR) is 80.8 cm³/mol. The molecule has 2 N–H and O–H groups in total. The summed E-state index contributed by atoms with van der Waals surface area (Å²) < 4.78 is 27.2. The maximum atomic E-state index is 12.8. The van der Waals surface area contributed by atoms with E-state index in [1.807, 2.05) is 0 Å². The molecule has 1 saturated heterocycles. The third-order valence-electron chi connectivity index (χ3n) is 3.69. The molecule has 1 aliphatic rings. The van der Waals surface area contributed by atoms with Gasteiger partial charge in [0.15, 0.2) is 0 Å². The minimum Gasteiger partial charge on any atom is -0.327 e. The van der Waals surface area contributed by atoms with E-state index in [1.165, 1.54) is 10.5 Å². The lowest BCUT2D eigenvalue weighted by atomic mass is 10.2. The summed E-state index contributed by atoms with van der Waals surface area (Å²) in [5.41, 5.74) is -0.276. The Morgan fingerprint density at radius 2 is 1.81 bits per heavy atom. The van der Waals surface area contributed by atoms with Crippen molar-refractivity contribution < 1.29 is 8.42 Å². The van der Waals surface area contributed by atoms with Crippen LogP contribution in [-0.4, -0.2) is 43.9 Å². The Morgan fingerprint density at radius 1 is 1.05 bits per heavy atom. The molecule has 0 spiro atoms. The quantitative estimate of drug-likeness (QED) is 0.847. The second-order valence-corrected chi connectivity index (χ2v) is 6.94. The zero-order valence-electron chi connectivity index (χ0n) is 11.5. The van der Waals surface area contributed by atoms with Crippen molar-refractivity contribution in [3.05, 3.63) is 40.8 Å². The van der Waals surface area contributed by atoms with Gasteiger partial charge in [-0.25, -0.2) is 8.42 Å². The predicted octanol–water partition coefficient (Wildman–Crippen LogP) is 0.512. The van der Waals surface area contributed by atoms with Gasteiger partial charge in [-0.3, -0.25) is 4.79 Å². The molecule has 1 fully saturated rings. The number of aromatic amines is 1. The van der Waals surface area contributed by atoms with Crippen molar-refractivity contribution in [1.82, 2.24) is 14.6 Å². The molecule has 1 aromatic heterocycles. The molecule has 1 aromatic carbocycles. The Hall–Kier alpha value is -1.70. The van der Waals surface area contributed by atoms with E-state index in [9.17, 15) is 13.2 Å². The number of nitrogens with zero attached hydrogens (tertiary/aromatic N) is 1. The zero-order valence-corrected chi connectivity index (χ0v) is 12.3. The molecule has 0 radical (unpaired) electrons. The molecule has 6 nitrogen and oxygen atoms in total. The third kappa shape index (κ3) is 2.59. The summed E-state index contributed by atoms with van der Waals surface area (Å²) in [7, 11) is -3.61. The van der Waals surface area contributed by atoms with Gasteiger partial charge in [0.05, 0.1) is 0 Å². The smallest absolute Gasteiger partial charge is 0.255 e. The number of nitrogens with one attached hydrogen (secondary N) is 2. The summed E-state index contributed by atoms with van der Waals surface area (Å²) in [5, 5.41) is 4.05. The maximum absolute atomic E-state index is 12.8. The topological polar surface area (TPSA) is 82.3 Å². The fourth-order valence-corrected chi connectivity index (χ4v) is 4.24. The van der Waals surface area contributed by atoms with E-state index in [1.54, 1.807) is 24.3 Å². The van der Waals surface area contributed by atoms with Gasteiger partial charge in [0.2, 0.25) is 10.0 Å². The summed E-state index contributed by atoms with van der Waals surface area (Å²) in [4.78, 5) is 14.5. The van der Waals surface area contributed by atoms with E-state index in [0.29, 0.717) is 30.4 Å². The average molecular weight is 307 g/mol. The number of fused-ring (bicyclic) bond motifs is 1. The van der Waals surface area contributed by atoms with E-state index in [0.717, 1.165) is 13.0 Å². The van der Waals surface area contributed by atoms with Crippen LogP contribution in [0.3, 0.4) is 0 Å². The van der Waals surface area contributed by atoms with Crippen molar-refractivity contribution in [2.45, 2.75) is 11.3 Å². The van der Waals surface area contributed by atoms with Gasteiger partial charge in [-0.15, -0.1) is 0 Å². The normalized spacial score (nSPS) is 17.7. The van der Waals surface area contributed by atoms with Gasteiger partial charge in [0, 0.05) is 36.6 Å². The largest absolute Gasteiger partial charge is 0.327 e. The highest BCUT2D eigenvalue weighted by Gasteiger charge is 2.27. The molecule has 0 bridgehead atoms. The lowest BCUT2D eigenvalue weighted by molar-refractivity contribution is 0.432. The Balaban J connectivity index is 2.15. The zero-order chi connectivity index (χ0) is 14.9. The SMILES string of the molecule is O=c1[nH]cc(S(=O)(=O)N2CCCNCC2)c2ccccc12. The van der Waals surface area contributed by atoms with Crippen LogP contribution in [0.2, 0.25) is 0 Å². The fraction of sp³-hybridized carbons (Fsp3) is 0.357. The summed E-state index contributed by atoms with van der Waals surface area (Å²) in [6.07, 6.45) is 2.08. The van der Waals surface area contributed by atoms with Crippen LogP contribution >= 0.6 is 0 Å². The molecule has 2 aromatic rings. The Kier molecular flexibility index (Phi) is 3.79. The fourth-order valence-electron chi connectivity index (χ4n) is 2.60. The molecule has 1 aliphatic heterocycles. The van der Waals surface area contributed by atoms with Crippen molar-refractivity contribution >= 4 is 20.8 Å². The molecule has 7 heteroatoms. The van der Waals surface area contributed by atoms with Gasteiger partial charge >= 0.3 is 0 Å². The third-order valence-corrected chi connectivity index (χ3v) is 5.63. The summed E-state index contributed by atoms with van der Waals surface area (Å²) in [6, 6.07) is 6.78. The molecular weight excluding hydrogens is 290 g/mol. The molecule has 21 heavy (non-hydrogen) atoms. The number of H-pyrrole nitrogens is 1. The molecule has 0 amide bonds. The minimum absolute atomic E-state index is 0.166. The Labute approximate surface area is 122 Å². The minimum atomic E-state index is -3.61. The van der Waals surface area contributed by atoms with Crippen LogP contribution in [0.4, 0.5) is 0 Å². The summed E-state index contributed by atoms with van der Waals surface area (Å²) >= 11 is 0. The summed E-state index contributed by atoms with van der Waals surface area (Å²) in [6.45, 7) is 2.39. The van der Waals surface area contributed by atoms with E-state index >= 15 is 0 Å². The standard InChI is InChI=1S/C14H17N3O3S/c18-14-12-5-2-1-4-11(12)13(10-16-14)21(19,20)17-8-3-6-15-7-9-17/h1-2,4-5,10,15H,3,6-9H2,(H,16,18). The van der Waals surface area contributed by atoms with Crippen LogP contribution in [0.25, 0.3) is 10.8 Å². The van der Waals surface area contributed by atoms with Crippen LogP contribution in [0.1, 0.15) is 6.42 Å². The first-order chi connectivity index (χ1) is 10.1. The number of hydrogen-bond acceptors (Lipinski definition) is 4. The van der Waals surface area contributed by atoms with Gasteiger partial charge < -0.3 is 10.3 Å². The number of hydrogen-bond donors (Lipinski definition) is 2. The van der Waals surface area contributed by atoms with Crippen molar-refractivity contribution in [1.29, 1.82) is 0 Å². The molecule has 0 unspecified atom stereocenters. The monoisotopic (exact) mass is 307 g/mol. The first-order valence-electron chi connectivity index (χ1n) is 6.92. The number of aromatic nitrogens is 1. The van der Waals surface area contributed by atoms with Gasteiger partial charge in [-0.2, -0.15) is 4.31 Å². The van der Waals surface area contributed by atoms with Gasteiger partial charge in [0.25, 0.3) is 5.56 Å². The van der Waals surface area contributed by atoms with Crippen LogP contribution in [0, 0.1) is 0 Å². The van der Waals surface area contributed by atoms with E-state index < -0.39 is 10.0 Å². The van der Waals surface area contributed by atoms with Gasteiger partial charge in [-0.1, -0.05) is 18.2 Å². The summed E-state index contributed by atoms with van der Waals surface area (Å²) in [5.74, 6) is 0. The van der Waals surface area contributed by atoms with Crippen molar-refractivity contribution in [3.8, 4) is 0 Å². The molecule has 0 saturated carbocycles. The first kappa shape index (κ1) is 14.2. The molecule has 3 rings (SSSR count). The van der Waals surface area contributed by atoms with Crippen LogP contribution in [0.5, 0.6) is 0 Å². The number of sulfonamides is 1. The second kappa shape index (κ2) is 5.59. The highest BCUT2D eigenvalue weighted by atomic mass is 32.2. The lowest BCUT2D eigenvalue weighted by Crippen LogP contribution is -2.34.